The van der Waals surface area contributed by atoms with Crippen LogP contribution in [0.3, 0.4) is 0 Å². The Morgan fingerprint density at radius 3 is 2.78 bits per heavy atom. The van der Waals surface area contributed by atoms with Crippen molar-refractivity contribution < 1.29 is 0 Å². The molecule has 3 rings (SSSR count). The summed E-state index contributed by atoms with van der Waals surface area (Å²) in [7, 11) is 0. The van der Waals surface area contributed by atoms with Gasteiger partial charge >= 0.3 is 0 Å². The van der Waals surface area contributed by atoms with E-state index in [9.17, 15) is 0 Å². The highest BCUT2D eigenvalue weighted by atomic mass is 15.3. The molecule has 18 heavy (non-hydrogen) atoms. The summed E-state index contributed by atoms with van der Waals surface area (Å²) in [4.78, 5) is 6.67. The van der Waals surface area contributed by atoms with Crippen LogP contribution < -0.4 is 22.1 Å². The average Bonchev–Trinajstić information content (AvgIpc) is 3.12. The van der Waals surface area contributed by atoms with E-state index in [-0.39, 0.29) is 0 Å². The van der Waals surface area contributed by atoms with Gasteiger partial charge in [-0.05, 0) is 18.4 Å². The second kappa shape index (κ2) is 4.44. The third-order valence-corrected chi connectivity index (χ3v) is 3.74. The summed E-state index contributed by atoms with van der Waals surface area (Å²) in [6, 6.07) is 0. The van der Waals surface area contributed by atoms with E-state index in [1.54, 1.807) is 0 Å². The van der Waals surface area contributed by atoms with Crippen molar-refractivity contribution in [3.63, 3.8) is 0 Å². The van der Waals surface area contributed by atoms with E-state index in [2.05, 4.69) is 20.5 Å². The molecule has 0 aromatic rings. The molecule has 2 fully saturated rings. The van der Waals surface area contributed by atoms with Crippen molar-refractivity contribution in [2.24, 2.45) is 22.4 Å². The molecule has 1 aliphatic carbocycles. The molecule has 1 unspecified atom stereocenters. The molecule has 6 N–H and O–H groups in total. The van der Waals surface area contributed by atoms with Gasteiger partial charge in [-0.3, -0.25) is 0 Å². The Hall–Kier alpha value is -1.27. The van der Waals surface area contributed by atoms with E-state index in [0.29, 0.717) is 5.96 Å². The van der Waals surface area contributed by atoms with E-state index >= 15 is 0 Å². The summed E-state index contributed by atoms with van der Waals surface area (Å²) >= 11 is 0. The normalized spacial score (nSPS) is 32.6. The summed E-state index contributed by atoms with van der Waals surface area (Å²) in [5, 5.41) is 6.48. The molecule has 0 amide bonds. The summed E-state index contributed by atoms with van der Waals surface area (Å²) < 4.78 is 0. The molecule has 2 aliphatic heterocycles. The third-order valence-electron chi connectivity index (χ3n) is 3.74. The molecule has 0 aromatic heterocycles. The lowest BCUT2D eigenvalue weighted by molar-refractivity contribution is 0.280. The van der Waals surface area contributed by atoms with Crippen LogP contribution in [0.1, 0.15) is 19.3 Å². The molecule has 0 radical (unpaired) electrons. The fourth-order valence-electron chi connectivity index (χ4n) is 2.65. The average molecular weight is 250 g/mol. The van der Waals surface area contributed by atoms with Crippen molar-refractivity contribution in [1.82, 2.24) is 15.5 Å². The van der Waals surface area contributed by atoms with Gasteiger partial charge in [0, 0.05) is 26.2 Å². The maximum absolute atomic E-state index is 6.36. The second-order valence-electron chi connectivity index (χ2n) is 5.53. The molecular weight excluding hydrogens is 228 g/mol. The second-order valence-corrected chi connectivity index (χ2v) is 5.53. The standard InChI is InChI=1S/C12H22N6/c13-11-16-10(18-5-3-15-4-6-18)8-12(14,17-11)7-9-1-2-9/h8-9,15H,1-7,14H2,(H3,13,16,17). The minimum absolute atomic E-state index is 0.439. The van der Waals surface area contributed by atoms with E-state index in [1.807, 2.05) is 6.08 Å². The summed E-state index contributed by atoms with van der Waals surface area (Å²) in [6.07, 6.45) is 5.51. The van der Waals surface area contributed by atoms with Crippen LogP contribution in [-0.4, -0.2) is 42.7 Å². The number of hydrogen-bond acceptors (Lipinski definition) is 6. The number of guanidine groups is 1. The van der Waals surface area contributed by atoms with Crippen LogP contribution in [0.5, 0.6) is 0 Å². The highest BCUT2D eigenvalue weighted by Crippen LogP contribution is 2.37. The predicted molar refractivity (Wildman–Crippen MR) is 71.5 cm³/mol. The number of piperazine rings is 1. The van der Waals surface area contributed by atoms with E-state index < -0.39 is 5.66 Å². The molecule has 100 valence electrons. The molecule has 0 bridgehead atoms. The van der Waals surface area contributed by atoms with Crippen LogP contribution in [0.4, 0.5) is 0 Å². The number of nitrogens with two attached hydrogens (primary N) is 2. The smallest absolute Gasteiger partial charge is 0.196 e. The molecule has 1 saturated carbocycles. The van der Waals surface area contributed by atoms with Crippen molar-refractivity contribution in [2.45, 2.75) is 24.9 Å². The van der Waals surface area contributed by atoms with E-state index in [1.165, 1.54) is 12.8 Å². The van der Waals surface area contributed by atoms with Crippen LogP contribution >= 0.6 is 0 Å². The highest BCUT2D eigenvalue weighted by molar-refractivity contribution is 5.81. The Bertz CT molecular complexity index is 380. The van der Waals surface area contributed by atoms with Gasteiger partial charge in [0.2, 0.25) is 0 Å². The maximum atomic E-state index is 6.36. The topological polar surface area (TPSA) is 91.7 Å². The van der Waals surface area contributed by atoms with Gasteiger partial charge in [-0.15, -0.1) is 0 Å². The number of rotatable bonds is 3. The fourth-order valence-corrected chi connectivity index (χ4v) is 2.65. The maximum Gasteiger partial charge on any atom is 0.196 e. The molecule has 6 heteroatoms. The molecule has 1 saturated heterocycles. The Morgan fingerprint density at radius 2 is 2.11 bits per heavy atom. The van der Waals surface area contributed by atoms with Crippen molar-refractivity contribution in [3.05, 3.63) is 11.9 Å². The van der Waals surface area contributed by atoms with Gasteiger partial charge in [0.1, 0.15) is 11.5 Å². The van der Waals surface area contributed by atoms with Crippen LogP contribution in [0.25, 0.3) is 0 Å². The minimum atomic E-state index is -0.614. The lowest BCUT2D eigenvalue weighted by atomic mass is 10.0. The first-order chi connectivity index (χ1) is 8.65. The molecule has 2 heterocycles. The lowest BCUT2D eigenvalue weighted by Crippen LogP contribution is -2.53. The Kier molecular flexibility index (Phi) is 2.91. The van der Waals surface area contributed by atoms with Crippen LogP contribution in [0, 0.1) is 5.92 Å². The Morgan fingerprint density at radius 1 is 1.39 bits per heavy atom. The predicted octanol–water partition coefficient (Wildman–Crippen LogP) is -0.894. The number of nitrogens with one attached hydrogen (secondary N) is 2. The lowest BCUT2D eigenvalue weighted by Gasteiger charge is -2.36. The number of hydrogen-bond donors (Lipinski definition) is 4. The van der Waals surface area contributed by atoms with Gasteiger partial charge in [0.15, 0.2) is 5.96 Å². The zero-order valence-electron chi connectivity index (χ0n) is 10.7. The molecular formula is C12H22N6. The van der Waals surface area contributed by atoms with E-state index in [4.69, 9.17) is 11.5 Å². The van der Waals surface area contributed by atoms with Crippen molar-refractivity contribution >= 4 is 5.96 Å². The first kappa shape index (κ1) is 11.8. The quantitative estimate of drug-likeness (QED) is 0.521. The third kappa shape index (κ3) is 2.59. The largest absolute Gasteiger partial charge is 0.370 e. The zero-order valence-corrected chi connectivity index (χ0v) is 10.7. The summed E-state index contributed by atoms with van der Waals surface area (Å²) in [6.45, 7) is 3.95. The molecule has 1 atom stereocenters. The Balaban J connectivity index is 1.76. The molecule has 3 aliphatic rings. The zero-order chi connectivity index (χ0) is 12.6. The first-order valence-corrected chi connectivity index (χ1v) is 6.74. The minimum Gasteiger partial charge on any atom is -0.370 e. The first-order valence-electron chi connectivity index (χ1n) is 6.74. The van der Waals surface area contributed by atoms with Crippen LogP contribution in [0.15, 0.2) is 16.9 Å². The molecule has 0 spiro atoms. The van der Waals surface area contributed by atoms with Gasteiger partial charge in [-0.25, -0.2) is 4.99 Å². The van der Waals surface area contributed by atoms with E-state index in [0.717, 1.165) is 44.3 Å². The highest BCUT2D eigenvalue weighted by Gasteiger charge is 2.35. The van der Waals surface area contributed by atoms with Gasteiger partial charge in [0.05, 0.1) is 0 Å². The molecule has 6 nitrogen and oxygen atoms in total. The van der Waals surface area contributed by atoms with Crippen molar-refractivity contribution in [1.29, 1.82) is 0 Å². The Labute approximate surface area is 107 Å². The number of nitrogens with zero attached hydrogens (tertiary/aromatic N) is 2. The monoisotopic (exact) mass is 250 g/mol. The van der Waals surface area contributed by atoms with Gasteiger partial charge in [-0.1, -0.05) is 12.8 Å². The van der Waals surface area contributed by atoms with Gasteiger partial charge in [0.25, 0.3) is 0 Å². The van der Waals surface area contributed by atoms with Crippen molar-refractivity contribution in [2.75, 3.05) is 26.2 Å². The fraction of sp³-hybridized carbons (Fsp3) is 0.750. The summed E-state index contributed by atoms with van der Waals surface area (Å²) in [5.74, 6) is 2.19. The van der Waals surface area contributed by atoms with Crippen LogP contribution in [0.2, 0.25) is 0 Å². The van der Waals surface area contributed by atoms with Gasteiger partial charge < -0.3 is 27.0 Å². The van der Waals surface area contributed by atoms with Gasteiger partial charge in [-0.2, -0.15) is 0 Å². The van der Waals surface area contributed by atoms with Crippen LogP contribution in [-0.2, 0) is 0 Å². The number of aliphatic imine (C=N–C) groups is 1. The summed E-state index contributed by atoms with van der Waals surface area (Å²) in [5.41, 5.74) is 11.6. The molecule has 0 aromatic carbocycles. The SMILES string of the molecule is NC1=NC(N)(CC2CC2)C=C(N2CCNCC2)N1. The van der Waals surface area contributed by atoms with Crippen molar-refractivity contribution in [3.8, 4) is 0 Å².